The third kappa shape index (κ3) is 5.44. The number of esters is 1. The summed E-state index contributed by atoms with van der Waals surface area (Å²) in [6.45, 7) is -0.242. The summed E-state index contributed by atoms with van der Waals surface area (Å²) in [7, 11) is 0. The van der Waals surface area contributed by atoms with E-state index in [1.165, 1.54) is 17.0 Å². The van der Waals surface area contributed by atoms with E-state index in [-0.39, 0.29) is 25.1 Å². The molecule has 0 N–H and O–H groups in total. The van der Waals surface area contributed by atoms with Crippen LogP contribution in [0.4, 0.5) is 9.18 Å². The van der Waals surface area contributed by atoms with Gasteiger partial charge in [0, 0.05) is 12.0 Å². The number of ether oxygens (including phenoxy) is 2. The van der Waals surface area contributed by atoms with E-state index in [9.17, 15) is 18.8 Å². The molecule has 1 amide bonds. The summed E-state index contributed by atoms with van der Waals surface area (Å²) in [5, 5.41) is 0. The first kappa shape index (κ1) is 22.2. The van der Waals surface area contributed by atoms with E-state index in [4.69, 9.17) is 9.47 Å². The number of carbonyl (C=O) groups excluding carboxylic acids is 3. The molecule has 1 aliphatic rings. The highest BCUT2D eigenvalue weighted by molar-refractivity contribution is 5.98. The van der Waals surface area contributed by atoms with Crippen molar-refractivity contribution in [2.24, 2.45) is 0 Å². The number of fused-ring (bicyclic) bond motifs is 1. The molecule has 1 aliphatic heterocycles. The number of carbonyl (C=O) groups is 3. The number of ketones is 1. The smallest absolute Gasteiger partial charge is 0.411 e. The van der Waals surface area contributed by atoms with Crippen LogP contribution in [0.15, 0.2) is 78.9 Å². The lowest BCUT2D eigenvalue weighted by Crippen LogP contribution is -2.49. The van der Waals surface area contributed by atoms with Crippen molar-refractivity contribution >= 4 is 17.8 Å². The maximum Gasteiger partial charge on any atom is 0.411 e. The minimum Gasteiger partial charge on any atom is -0.456 e. The topological polar surface area (TPSA) is 72.9 Å². The van der Waals surface area contributed by atoms with Gasteiger partial charge in [0.2, 0.25) is 0 Å². The molecule has 0 saturated carbocycles. The average Bonchev–Trinajstić information content (AvgIpc) is 2.86. The number of halogens is 1. The molecule has 0 saturated heterocycles. The Morgan fingerprint density at radius 1 is 0.848 bits per heavy atom. The van der Waals surface area contributed by atoms with Crippen LogP contribution < -0.4 is 0 Å². The van der Waals surface area contributed by atoms with Gasteiger partial charge in [-0.3, -0.25) is 9.69 Å². The molecule has 1 atom stereocenters. The molecule has 33 heavy (non-hydrogen) atoms. The zero-order valence-electron chi connectivity index (χ0n) is 17.8. The van der Waals surface area contributed by atoms with Crippen molar-refractivity contribution in [3.05, 3.63) is 107 Å². The van der Waals surface area contributed by atoms with Crippen molar-refractivity contribution in [3.8, 4) is 0 Å². The Labute approximate surface area is 190 Å². The van der Waals surface area contributed by atoms with Crippen LogP contribution in [-0.2, 0) is 33.8 Å². The summed E-state index contributed by atoms with van der Waals surface area (Å²) < 4.78 is 23.8. The van der Waals surface area contributed by atoms with Gasteiger partial charge in [-0.2, -0.15) is 0 Å². The molecule has 0 bridgehead atoms. The van der Waals surface area contributed by atoms with Crippen LogP contribution in [-0.4, -0.2) is 35.4 Å². The maximum atomic E-state index is 13.1. The van der Waals surface area contributed by atoms with E-state index >= 15 is 0 Å². The number of hydrogen-bond acceptors (Lipinski definition) is 5. The summed E-state index contributed by atoms with van der Waals surface area (Å²) in [6, 6.07) is 20.8. The van der Waals surface area contributed by atoms with Gasteiger partial charge in [-0.15, -0.1) is 0 Å². The molecule has 6 nitrogen and oxygen atoms in total. The SMILES string of the molecule is O=C(COC(=O)[C@H]1Cc2ccccc2CN1C(=O)OCc1ccccc1)c1ccc(F)cc1. The number of nitrogens with zero attached hydrogens (tertiary/aromatic N) is 1. The van der Waals surface area contributed by atoms with Gasteiger partial charge >= 0.3 is 12.1 Å². The number of benzene rings is 3. The standard InChI is InChI=1S/C26H22FNO5/c27-22-12-10-19(11-13-22)24(29)17-32-25(30)23-14-20-8-4-5-9-21(20)15-28(23)26(31)33-16-18-6-2-1-3-7-18/h1-13,23H,14-17H2/t23-/m1/s1. The lowest BCUT2D eigenvalue weighted by atomic mass is 9.94. The highest BCUT2D eigenvalue weighted by atomic mass is 19.1. The molecule has 0 aromatic heterocycles. The van der Waals surface area contributed by atoms with Crippen LogP contribution in [0.5, 0.6) is 0 Å². The van der Waals surface area contributed by atoms with Crippen LogP contribution in [0.1, 0.15) is 27.0 Å². The largest absolute Gasteiger partial charge is 0.456 e. The molecule has 0 radical (unpaired) electrons. The first-order valence-electron chi connectivity index (χ1n) is 10.5. The minimum absolute atomic E-state index is 0.0721. The number of hydrogen-bond donors (Lipinski definition) is 0. The molecular weight excluding hydrogens is 425 g/mol. The van der Waals surface area contributed by atoms with Crippen molar-refractivity contribution in [3.63, 3.8) is 0 Å². The van der Waals surface area contributed by atoms with Crippen molar-refractivity contribution in [1.29, 1.82) is 0 Å². The van der Waals surface area contributed by atoms with Gasteiger partial charge in [0.15, 0.2) is 12.4 Å². The quantitative estimate of drug-likeness (QED) is 0.416. The average molecular weight is 447 g/mol. The van der Waals surface area contributed by atoms with Crippen LogP contribution >= 0.6 is 0 Å². The van der Waals surface area contributed by atoms with Crippen molar-refractivity contribution < 1.29 is 28.2 Å². The second-order valence-electron chi connectivity index (χ2n) is 7.69. The van der Waals surface area contributed by atoms with E-state index in [0.717, 1.165) is 28.8 Å². The zero-order chi connectivity index (χ0) is 23.2. The van der Waals surface area contributed by atoms with Gasteiger partial charge in [0.25, 0.3) is 0 Å². The number of Topliss-reactive ketones (excluding diaryl/α,β-unsaturated/α-hetero) is 1. The number of amides is 1. The van der Waals surface area contributed by atoms with E-state index in [1.807, 2.05) is 54.6 Å². The van der Waals surface area contributed by atoms with E-state index in [2.05, 4.69) is 0 Å². The fraction of sp³-hybridized carbons (Fsp3) is 0.192. The summed E-state index contributed by atoms with van der Waals surface area (Å²) in [5.74, 6) is -1.62. The van der Waals surface area contributed by atoms with Crippen molar-refractivity contribution in [2.75, 3.05) is 6.61 Å². The summed E-state index contributed by atoms with van der Waals surface area (Å²) in [5.41, 5.74) is 2.90. The molecule has 0 unspecified atom stereocenters. The lowest BCUT2D eigenvalue weighted by Gasteiger charge is -2.34. The molecule has 1 heterocycles. The van der Waals surface area contributed by atoms with Crippen LogP contribution in [0.25, 0.3) is 0 Å². The summed E-state index contributed by atoms with van der Waals surface area (Å²) in [4.78, 5) is 39.4. The molecule has 0 fully saturated rings. The van der Waals surface area contributed by atoms with Gasteiger partial charge < -0.3 is 9.47 Å². The summed E-state index contributed by atoms with van der Waals surface area (Å²) in [6.07, 6.45) is -0.389. The Hall–Kier alpha value is -4.00. The van der Waals surface area contributed by atoms with Gasteiger partial charge in [-0.05, 0) is 41.0 Å². The zero-order valence-corrected chi connectivity index (χ0v) is 17.8. The molecule has 0 aliphatic carbocycles. The third-order valence-electron chi connectivity index (χ3n) is 5.47. The van der Waals surface area contributed by atoms with Crippen molar-refractivity contribution in [2.45, 2.75) is 25.6 Å². The number of rotatable bonds is 6. The highest BCUT2D eigenvalue weighted by Crippen LogP contribution is 2.25. The van der Waals surface area contributed by atoms with Crippen LogP contribution in [0.3, 0.4) is 0 Å². The van der Waals surface area contributed by atoms with Gasteiger partial charge in [-0.25, -0.2) is 14.0 Å². The van der Waals surface area contributed by atoms with Gasteiger partial charge in [0.1, 0.15) is 18.5 Å². The van der Waals surface area contributed by atoms with Crippen LogP contribution in [0.2, 0.25) is 0 Å². The van der Waals surface area contributed by atoms with Crippen molar-refractivity contribution in [1.82, 2.24) is 4.90 Å². The fourth-order valence-corrected chi connectivity index (χ4v) is 3.68. The second-order valence-corrected chi connectivity index (χ2v) is 7.69. The fourth-order valence-electron chi connectivity index (χ4n) is 3.68. The Morgan fingerprint density at radius 3 is 2.24 bits per heavy atom. The van der Waals surface area contributed by atoms with E-state index < -0.39 is 36.3 Å². The Morgan fingerprint density at radius 2 is 1.52 bits per heavy atom. The highest BCUT2D eigenvalue weighted by Gasteiger charge is 2.37. The normalized spacial score (nSPS) is 14.8. The Bertz CT molecular complexity index is 1150. The van der Waals surface area contributed by atoms with Gasteiger partial charge in [-0.1, -0.05) is 54.6 Å². The predicted octanol–water partition coefficient (Wildman–Crippen LogP) is 4.32. The molecule has 4 rings (SSSR count). The van der Waals surface area contributed by atoms with Crippen LogP contribution in [0, 0.1) is 5.82 Å². The van der Waals surface area contributed by atoms with E-state index in [0.29, 0.717) is 0 Å². The minimum atomic E-state index is -0.927. The monoisotopic (exact) mass is 447 g/mol. The first-order chi connectivity index (χ1) is 16.0. The molecular formula is C26H22FNO5. The predicted molar refractivity (Wildman–Crippen MR) is 118 cm³/mol. The Balaban J connectivity index is 1.45. The van der Waals surface area contributed by atoms with E-state index in [1.54, 1.807) is 0 Å². The summed E-state index contributed by atoms with van der Waals surface area (Å²) >= 11 is 0. The first-order valence-corrected chi connectivity index (χ1v) is 10.5. The third-order valence-corrected chi connectivity index (χ3v) is 5.47. The van der Waals surface area contributed by atoms with Gasteiger partial charge in [0.05, 0.1) is 6.54 Å². The maximum absolute atomic E-state index is 13.1. The molecule has 3 aromatic rings. The molecule has 168 valence electrons. The molecule has 3 aromatic carbocycles. The Kier molecular flexibility index (Phi) is 6.78. The second kappa shape index (κ2) is 10.1. The lowest BCUT2D eigenvalue weighted by molar-refractivity contribution is -0.149. The molecule has 0 spiro atoms. The molecule has 7 heteroatoms.